The van der Waals surface area contributed by atoms with Crippen molar-refractivity contribution in [1.82, 2.24) is 0 Å². The standard InChI is InChI=1S/C14H9Cl3O2/c1-19-14(18)9-4-8(5-11(16)6-9)12-7-10(15)2-3-13(12)17/h2-7H,1H3. The first kappa shape index (κ1) is 14.2. The molecule has 0 saturated carbocycles. The SMILES string of the molecule is COC(=O)c1cc(Cl)cc(-c2cc(Cl)ccc2Cl)c1. The lowest BCUT2D eigenvalue weighted by molar-refractivity contribution is 0.0601. The topological polar surface area (TPSA) is 26.3 Å². The zero-order valence-corrected chi connectivity index (χ0v) is 12.2. The van der Waals surface area contributed by atoms with E-state index in [0.717, 1.165) is 0 Å². The van der Waals surface area contributed by atoms with Crippen molar-refractivity contribution >= 4 is 40.8 Å². The number of methoxy groups -OCH3 is 1. The van der Waals surface area contributed by atoms with Gasteiger partial charge in [0, 0.05) is 20.6 Å². The Morgan fingerprint density at radius 3 is 2.42 bits per heavy atom. The third-order valence-electron chi connectivity index (χ3n) is 2.56. The maximum Gasteiger partial charge on any atom is 0.337 e. The van der Waals surface area contributed by atoms with Gasteiger partial charge in [-0.15, -0.1) is 0 Å². The Kier molecular flexibility index (Phi) is 4.35. The van der Waals surface area contributed by atoms with E-state index in [1.807, 2.05) is 0 Å². The van der Waals surface area contributed by atoms with Crippen LogP contribution in [0.2, 0.25) is 15.1 Å². The van der Waals surface area contributed by atoms with Gasteiger partial charge >= 0.3 is 5.97 Å². The molecule has 19 heavy (non-hydrogen) atoms. The average molecular weight is 316 g/mol. The van der Waals surface area contributed by atoms with Crippen molar-refractivity contribution in [2.24, 2.45) is 0 Å². The van der Waals surface area contributed by atoms with Crippen LogP contribution in [0.4, 0.5) is 0 Å². The predicted octanol–water partition coefficient (Wildman–Crippen LogP) is 5.10. The van der Waals surface area contributed by atoms with Gasteiger partial charge in [-0.1, -0.05) is 34.8 Å². The molecule has 0 N–H and O–H groups in total. The van der Waals surface area contributed by atoms with Crippen molar-refractivity contribution in [2.75, 3.05) is 7.11 Å². The highest BCUT2D eigenvalue weighted by Gasteiger charge is 2.11. The van der Waals surface area contributed by atoms with Gasteiger partial charge in [-0.05, 0) is 42.0 Å². The highest BCUT2D eigenvalue weighted by Crippen LogP contribution is 2.32. The molecule has 0 fully saturated rings. The summed E-state index contributed by atoms with van der Waals surface area (Å²) < 4.78 is 4.68. The van der Waals surface area contributed by atoms with Gasteiger partial charge in [-0.2, -0.15) is 0 Å². The van der Waals surface area contributed by atoms with Crippen LogP contribution in [0.5, 0.6) is 0 Å². The Hall–Kier alpha value is -1.22. The molecule has 0 atom stereocenters. The summed E-state index contributed by atoms with van der Waals surface area (Å²) >= 11 is 18.1. The van der Waals surface area contributed by atoms with Crippen molar-refractivity contribution in [3.05, 3.63) is 57.0 Å². The van der Waals surface area contributed by atoms with Crippen LogP contribution in [0.15, 0.2) is 36.4 Å². The van der Waals surface area contributed by atoms with E-state index in [2.05, 4.69) is 4.74 Å². The van der Waals surface area contributed by atoms with E-state index in [4.69, 9.17) is 34.8 Å². The van der Waals surface area contributed by atoms with E-state index >= 15 is 0 Å². The lowest BCUT2D eigenvalue weighted by atomic mass is 10.0. The molecular weight excluding hydrogens is 307 g/mol. The number of benzene rings is 2. The minimum Gasteiger partial charge on any atom is -0.465 e. The zero-order chi connectivity index (χ0) is 14.0. The number of esters is 1. The molecule has 0 saturated heterocycles. The Morgan fingerprint density at radius 2 is 1.74 bits per heavy atom. The molecule has 0 bridgehead atoms. The predicted molar refractivity (Wildman–Crippen MR) is 78.2 cm³/mol. The normalized spacial score (nSPS) is 10.3. The second-order valence-electron chi connectivity index (χ2n) is 3.84. The summed E-state index contributed by atoms with van der Waals surface area (Å²) in [5.41, 5.74) is 1.78. The molecule has 98 valence electrons. The third kappa shape index (κ3) is 3.21. The molecule has 0 unspecified atom stereocenters. The molecule has 0 aliphatic carbocycles. The maximum atomic E-state index is 11.6. The Morgan fingerprint density at radius 1 is 1.00 bits per heavy atom. The molecule has 2 aromatic rings. The van der Waals surface area contributed by atoms with Gasteiger partial charge in [0.15, 0.2) is 0 Å². The van der Waals surface area contributed by atoms with Crippen LogP contribution in [-0.2, 0) is 4.74 Å². The van der Waals surface area contributed by atoms with Gasteiger partial charge in [0.25, 0.3) is 0 Å². The fourth-order valence-electron chi connectivity index (χ4n) is 1.70. The number of carbonyl (C=O) groups excluding carboxylic acids is 1. The Balaban J connectivity index is 2.59. The lowest BCUT2D eigenvalue weighted by Crippen LogP contribution is -2.01. The van der Waals surface area contributed by atoms with Crippen LogP contribution in [0.3, 0.4) is 0 Å². The number of ether oxygens (including phenoxy) is 1. The first-order valence-electron chi connectivity index (χ1n) is 5.35. The summed E-state index contributed by atoms with van der Waals surface area (Å²) in [6.07, 6.45) is 0. The minimum atomic E-state index is -0.457. The molecule has 5 heteroatoms. The van der Waals surface area contributed by atoms with Crippen LogP contribution in [0.1, 0.15) is 10.4 Å². The number of rotatable bonds is 2. The first-order chi connectivity index (χ1) is 9.01. The van der Waals surface area contributed by atoms with Crippen LogP contribution in [-0.4, -0.2) is 13.1 Å². The van der Waals surface area contributed by atoms with Crippen LogP contribution < -0.4 is 0 Å². The van der Waals surface area contributed by atoms with E-state index in [1.54, 1.807) is 30.3 Å². The van der Waals surface area contributed by atoms with Crippen LogP contribution in [0, 0.1) is 0 Å². The number of hydrogen-bond acceptors (Lipinski definition) is 2. The summed E-state index contributed by atoms with van der Waals surface area (Å²) in [6, 6.07) is 10.0. The summed E-state index contributed by atoms with van der Waals surface area (Å²) in [5.74, 6) is -0.457. The summed E-state index contributed by atoms with van der Waals surface area (Å²) in [6.45, 7) is 0. The van der Waals surface area contributed by atoms with Gasteiger partial charge in [0.05, 0.1) is 12.7 Å². The highest BCUT2D eigenvalue weighted by molar-refractivity contribution is 6.35. The third-order valence-corrected chi connectivity index (χ3v) is 3.34. The van der Waals surface area contributed by atoms with Crippen molar-refractivity contribution in [2.45, 2.75) is 0 Å². The molecule has 2 aromatic carbocycles. The van der Waals surface area contributed by atoms with E-state index in [9.17, 15) is 4.79 Å². The molecule has 0 aliphatic rings. The second-order valence-corrected chi connectivity index (χ2v) is 5.12. The summed E-state index contributed by atoms with van der Waals surface area (Å²) in [5, 5.41) is 1.51. The molecule has 0 radical (unpaired) electrons. The lowest BCUT2D eigenvalue weighted by Gasteiger charge is -2.08. The van der Waals surface area contributed by atoms with Crippen LogP contribution in [0.25, 0.3) is 11.1 Å². The Bertz CT molecular complexity index is 639. The summed E-state index contributed by atoms with van der Waals surface area (Å²) in [7, 11) is 1.31. The summed E-state index contributed by atoms with van der Waals surface area (Å²) in [4.78, 5) is 11.6. The monoisotopic (exact) mass is 314 g/mol. The highest BCUT2D eigenvalue weighted by atomic mass is 35.5. The van der Waals surface area contributed by atoms with Gasteiger partial charge in [0.1, 0.15) is 0 Å². The quantitative estimate of drug-likeness (QED) is 0.721. The molecule has 0 aromatic heterocycles. The van der Waals surface area contributed by atoms with Gasteiger partial charge < -0.3 is 4.74 Å². The molecule has 2 nitrogen and oxygen atoms in total. The van der Waals surface area contributed by atoms with Crippen molar-refractivity contribution in [3.63, 3.8) is 0 Å². The largest absolute Gasteiger partial charge is 0.465 e. The van der Waals surface area contributed by atoms with E-state index in [0.29, 0.717) is 31.8 Å². The molecule has 0 heterocycles. The van der Waals surface area contributed by atoms with Gasteiger partial charge in [0.2, 0.25) is 0 Å². The Labute approximate surface area is 125 Å². The van der Waals surface area contributed by atoms with Crippen molar-refractivity contribution in [3.8, 4) is 11.1 Å². The van der Waals surface area contributed by atoms with Crippen LogP contribution >= 0.6 is 34.8 Å². The van der Waals surface area contributed by atoms with E-state index in [-0.39, 0.29) is 0 Å². The first-order valence-corrected chi connectivity index (χ1v) is 6.49. The molecular formula is C14H9Cl3O2. The van der Waals surface area contributed by atoms with Gasteiger partial charge in [-0.25, -0.2) is 4.79 Å². The number of hydrogen-bond donors (Lipinski definition) is 0. The number of carbonyl (C=O) groups is 1. The fourth-order valence-corrected chi connectivity index (χ4v) is 2.33. The fraction of sp³-hybridized carbons (Fsp3) is 0.0714. The van der Waals surface area contributed by atoms with Crippen molar-refractivity contribution in [1.29, 1.82) is 0 Å². The molecule has 0 amide bonds. The van der Waals surface area contributed by atoms with Crippen molar-refractivity contribution < 1.29 is 9.53 Å². The molecule has 0 aliphatic heterocycles. The molecule has 0 spiro atoms. The minimum absolute atomic E-state index is 0.362. The number of halogens is 3. The van der Waals surface area contributed by atoms with E-state index in [1.165, 1.54) is 13.2 Å². The second kappa shape index (κ2) is 5.83. The smallest absolute Gasteiger partial charge is 0.337 e. The maximum absolute atomic E-state index is 11.6. The van der Waals surface area contributed by atoms with Gasteiger partial charge in [-0.3, -0.25) is 0 Å². The average Bonchev–Trinajstić information content (AvgIpc) is 2.39. The zero-order valence-electron chi connectivity index (χ0n) is 9.91. The van der Waals surface area contributed by atoms with E-state index < -0.39 is 5.97 Å². The molecule has 2 rings (SSSR count).